The number of nitrogens with zero attached hydrogens (tertiary/aromatic N) is 2. The first-order valence-corrected chi connectivity index (χ1v) is 10.2. The second kappa shape index (κ2) is 9.54. The van der Waals surface area contributed by atoms with Gasteiger partial charge in [0.1, 0.15) is 16.6 Å². The molecule has 0 saturated carbocycles. The van der Waals surface area contributed by atoms with E-state index < -0.39 is 16.7 Å². The molecular weight excluding hydrogens is 438 g/mol. The molecule has 158 valence electrons. The van der Waals surface area contributed by atoms with E-state index in [1.165, 1.54) is 0 Å². The van der Waals surface area contributed by atoms with Crippen LogP contribution < -0.4 is 5.32 Å². The molecule has 0 aromatic heterocycles. The Bertz CT molecular complexity index is 1130. The molecule has 1 aliphatic rings. The maximum atomic E-state index is 12.7. The zero-order valence-electron chi connectivity index (χ0n) is 16.3. The molecule has 2 N–H and O–H groups in total. The lowest BCUT2D eigenvalue weighted by molar-refractivity contribution is -0.384. The Morgan fingerprint density at radius 2 is 2.00 bits per heavy atom. The van der Waals surface area contributed by atoms with Gasteiger partial charge >= 0.3 is 0 Å². The summed E-state index contributed by atoms with van der Waals surface area (Å²) in [7, 11) is 0. The summed E-state index contributed by atoms with van der Waals surface area (Å²) in [6, 6.07) is 12.9. The van der Waals surface area contributed by atoms with Crippen LogP contribution in [0.25, 0.3) is 6.08 Å². The van der Waals surface area contributed by atoms with Crippen LogP contribution in [0.2, 0.25) is 0 Å². The first kappa shape index (κ1) is 22.2. The fourth-order valence-electron chi connectivity index (χ4n) is 2.77. The molecule has 1 aliphatic heterocycles. The monoisotopic (exact) mass is 455 g/mol. The molecule has 1 saturated heterocycles. The summed E-state index contributed by atoms with van der Waals surface area (Å²) in [5.74, 6) is -1.38. The fourth-order valence-corrected chi connectivity index (χ4v) is 4.07. The number of anilines is 1. The van der Waals surface area contributed by atoms with E-state index >= 15 is 0 Å². The van der Waals surface area contributed by atoms with Gasteiger partial charge in [-0.25, -0.2) is 0 Å². The van der Waals surface area contributed by atoms with Crippen molar-refractivity contribution < 1.29 is 19.6 Å². The van der Waals surface area contributed by atoms with E-state index in [4.69, 9.17) is 12.2 Å². The summed E-state index contributed by atoms with van der Waals surface area (Å²) in [5.41, 5.74) is 1.42. The van der Waals surface area contributed by atoms with Gasteiger partial charge in [0.2, 0.25) is 5.91 Å². The molecule has 0 atom stereocenters. The molecule has 0 unspecified atom stereocenters. The number of amides is 2. The topological polar surface area (TPSA) is 113 Å². The number of non-ortho nitro benzene ring substituents is 1. The molecule has 8 nitrogen and oxygen atoms in total. The summed E-state index contributed by atoms with van der Waals surface area (Å²) < 4.78 is 0.224. The van der Waals surface area contributed by atoms with Gasteiger partial charge in [-0.15, -0.1) is 0 Å². The molecule has 31 heavy (non-hydrogen) atoms. The van der Waals surface area contributed by atoms with Gasteiger partial charge < -0.3 is 10.4 Å². The largest absolute Gasteiger partial charge is 0.506 e. The lowest BCUT2D eigenvalue weighted by atomic mass is 10.1. The van der Waals surface area contributed by atoms with Gasteiger partial charge in [0.25, 0.3) is 11.6 Å². The van der Waals surface area contributed by atoms with Crippen molar-refractivity contribution in [1.82, 2.24) is 4.90 Å². The SMILES string of the molecule is CC(/C=C1\SC(=S)N(CC(=O)Nc2cc([N+](=O)[O-])ccc2O)C1=O)=C\c1ccccc1. The Labute approximate surface area is 187 Å². The van der Waals surface area contributed by atoms with Crippen molar-refractivity contribution in [3.8, 4) is 5.75 Å². The zero-order chi connectivity index (χ0) is 22.5. The molecule has 1 heterocycles. The predicted octanol–water partition coefficient (Wildman–Crippen LogP) is 4.09. The predicted molar refractivity (Wildman–Crippen MR) is 123 cm³/mol. The number of allylic oxidation sites excluding steroid dienone is 2. The van der Waals surface area contributed by atoms with E-state index in [0.29, 0.717) is 4.91 Å². The molecule has 0 radical (unpaired) electrons. The normalized spacial score (nSPS) is 15.5. The smallest absolute Gasteiger partial charge is 0.271 e. The molecule has 2 amide bonds. The van der Waals surface area contributed by atoms with Crippen molar-refractivity contribution in [1.29, 1.82) is 0 Å². The minimum Gasteiger partial charge on any atom is -0.506 e. The Kier molecular flexibility index (Phi) is 6.83. The number of nitro benzene ring substituents is 1. The molecular formula is C21H17N3O5S2. The quantitative estimate of drug-likeness (QED) is 0.222. The number of phenolic OH excluding ortho intramolecular Hbond substituents is 1. The number of hydrogen-bond donors (Lipinski definition) is 2. The number of hydrogen-bond acceptors (Lipinski definition) is 7. The zero-order valence-corrected chi connectivity index (χ0v) is 17.9. The standard InChI is InChI=1S/C21H17N3O5S2/c1-13(9-14-5-3-2-4-6-14)10-18-20(27)23(21(30)31-18)12-19(26)22-16-11-15(24(28)29)7-8-17(16)25/h2-11,25H,12H2,1H3,(H,22,26)/b13-9+,18-10-. The van der Waals surface area contributed by atoms with Gasteiger partial charge in [0.15, 0.2) is 0 Å². The lowest BCUT2D eigenvalue weighted by Crippen LogP contribution is -2.36. The average Bonchev–Trinajstić information content (AvgIpc) is 2.97. The summed E-state index contributed by atoms with van der Waals surface area (Å²) in [5, 5.41) is 23.1. The van der Waals surface area contributed by atoms with Crippen molar-refractivity contribution in [3.63, 3.8) is 0 Å². The average molecular weight is 456 g/mol. The minimum absolute atomic E-state index is 0.123. The van der Waals surface area contributed by atoms with Crippen LogP contribution in [0.15, 0.2) is 65.1 Å². The van der Waals surface area contributed by atoms with Crippen LogP contribution in [0.3, 0.4) is 0 Å². The maximum Gasteiger partial charge on any atom is 0.271 e. The van der Waals surface area contributed by atoms with Crippen LogP contribution in [-0.4, -0.2) is 37.6 Å². The van der Waals surface area contributed by atoms with Gasteiger partial charge in [-0.3, -0.25) is 24.6 Å². The number of carbonyl (C=O) groups excluding carboxylic acids is 2. The van der Waals surface area contributed by atoms with Crippen LogP contribution in [0.4, 0.5) is 11.4 Å². The summed E-state index contributed by atoms with van der Waals surface area (Å²) in [4.78, 5) is 36.9. The van der Waals surface area contributed by atoms with Gasteiger partial charge in [-0.05, 0) is 30.2 Å². The van der Waals surface area contributed by atoms with E-state index in [2.05, 4.69) is 5.32 Å². The highest BCUT2D eigenvalue weighted by Crippen LogP contribution is 2.32. The Morgan fingerprint density at radius 3 is 2.68 bits per heavy atom. The van der Waals surface area contributed by atoms with Gasteiger partial charge in [-0.1, -0.05) is 60.4 Å². The van der Waals surface area contributed by atoms with Crippen LogP contribution >= 0.6 is 24.0 Å². The summed E-state index contributed by atoms with van der Waals surface area (Å²) >= 11 is 6.32. The Morgan fingerprint density at radius 1 is 1.29 bits per heavy atom. The minimum atomic E-state index is -0.648. The number of thioether (sulfide) groups is 1. The Balaban J connectivity index is 1.70. The van der Waals surface area contributed by atoms with Crippen LogP contribution in [-0.2, 0) is 9.59 Å². The molecule has 2 aromatic carbocycles. The van der Waals surface area contributed by atoms with Crippen LogP contribution in [0.1, 0.15) is 12.5 Å². The van der Waals surface area contributed by atoms with E-state index in [1.807, 2.05) is 43.3 Å². The number of phenols is 1. The maximum absolute atomic E-state index is 12.7. The summed E-state index contributed by atoms with van der Waals surface area (Å²) in [6.07, 6.45) is 3.63. The third-order valence-electron chi connectivity index (χ3n) is 4.19. The third kappa shape index (κ3) is 5.56. The number of thiocarbonyl (C=S) groups is 1. The lowest BCUT2D eigenvalue weighted by Gasteiger charge is -2.14. The molecule has 0 aliphatic carbocycles. The van der Waals surface area contributed by atoms with E-state index in [-0.39, 0.29) is 28.0 Å². The third-order valence-corrected chi connectivity index (χ3v) is 5.57. The van der Waals surface area contributed by atoms with Gasteiger partial charge in [0.05, 0.1) is 15.5 Å². The molecule has 3 rings (SSSR count). The molecule has 10 heteroatoms. The van der Waals surface area contributed by atoms with Crippen molar-refractivity contribution in [2.75, 3.05) is 11.9 Å². The van der Waals surface area contributed by atoms with Crippen molar-refractivity contribution in [2.24, 2.45) is 0 Å². The second-order valence-electron chi connectivity index (χ2n) is 6.57. The van der Waals surface area contributed by atoms with Crippen molar-refractivity contribution in [3.05, 3.63) is 80.8 Å². The first-order valence-electron chi connectivity index (χ1n) is 9.00. The number of benzene rings is 2. The fraction of sp³-hybridized carbons (Fsp3) is 0.0952. The highest BCUT2D eigenvalue weighted by molar-refractivity contribution is 8.26. The molecule has 0 spiro atoms. The van der Waals surface area contributed by atoms with Gasteiger partial charge in [0, 0.05) is 12.1 Å². The van der Waals surface area contributed by atoms with Crippen molar-refractivity contribution in [2.45, 2.75) is 6.92 Å². The molecule has 0 bridgehead atoms. The van der Waals surface area contributed by atoms with E-state index in [1.54, 1.807) is 6.08 Å². The summed E-state index contributed by atoms with van der Waals surface area (Å²) in [6.45, 7) is 1.48. The van der Waals surface area contributed by atoms with Gasteiger partial charge in [-0.2, -0.15) is 0 Å². The number of nitro groups is 1. The number of aromatic hydroxyl groups is 1. The van der Waals surface area contributed by atoms with Crippen LogP contribution in [0, 0.1) is 10.1 Å². The highest BCUT2D eigenvalue weighted by atomic mass is 32.2. The Hall–Kier alpha value is -3.50. The molecule has 2 aromatic rings. The number of carbonyl (C=O) groups is 2. The first-order chi connectivity index (χ1) is 14.7. The van der Waals surface area contributed by atoms with Crippen LogP contribution in [0.5, 0.6) is 5.75 Å². The second-order valence-corrected chi connectivity index (χ2v) is 8.25. The van der Waals surface area contributed by atoms with Crippen molar-refractivity contribution >= 4 is 57.6 Å². The van der Waals surface area contributed by atoms with E-state index in [9.17, 15) is 24.8 Å². The molecule has 1 fully saturated rings. The highest BCUT2D eigenvalue weighted by Gasteiger charge is 2.33. The number of nitrogens with one attached hydrogen (secondary N) is 1. The number of rotatable bonds is 6. The van der Waals surface area contributed by atoms with E-state index in [0.717, 1.165) is 46.0 Å².